The fourth-order valence-corrected chi connectivity index (χ4v) is 1.81. The molecule has 0 spiro atoms. The van der Waals surface area contributed by atoms with Crippen LogP contribution in [0.4, 0.5) is 0 Å². The van der Waals surface area contributed by atoms with Gasteiger partial charge in [0.05, 0.1) is 11.5 Å². The smallest absolute Gasteiger partial charge is 0.229 e. The van der Waals surface area contributed by atoms with Gasteiger partial charge in [-0.2, -0.15) is 0 Å². The summed E-state index contributed by atoms with van der Waals surface area (Å²) in [5.41, 5.74) is 5.16. The van der Waals surface area contributed by atoms with Crippen molar-refractivity contribution in [1.29, 1.82) is 0 Å². The molecule has 0 aliphatic carbocycles. The van der Waals surface area contributed by atoms with Gasteiger partial charge in [0, 0.05) is 26.7 Å². The van der Waals surface area contributed by atoms with Crippen molar-refractivity contribution in [2.45, 2.75) is 32.8 Å². The lowest BCUT2D eigenvalue weighted by Crippen LogP contribution is -2.48. The van der Waals surface area contributed by atoms with E-state index in [1.807, 2.05) is 18.7 Å². The quantitative estimate of drug-likeness (QED) is 0.814. The van der Waals surface area contributed by atoms with Crippen molar-refractivity contribution in [3.8, 4) is 0 Å². The Balaban J connectivity index is 0.00000225. The van der Waals surface area contributed by atoms with Gasteiger partial charge in [-0.15, -0.1) is 12.4 Å². The highest BCUT2D eigenvalue weighted by molar-refractivity contribution is 5.85. The van der Waals surface area contributed by atoms with Crippen molar-refractivity contribution in [3.63, 3.8) is 0 Å². The Morgan fingerprint density at radius 1 is 1.44 bits per heavy atom. The summed E-state index contributed by atoms with van der Waals surface area (Å²) in [6.07, 6.45) is 2.18. The van der Waals surface area contributed by atoms with Crippen LogP contribution < -0.4 is 5.73 Å². The summed E-state index contributed by atoms with van der Waals surface area (Å²) in [6.45, 7) is 5.78. The largest absolute Gasteiger partial charge is 0.381 e. The van der Waals surface area contributed by atoms with Crippen LogP contribution in [0.5, 0.6) is 0 Å². The minimum absolute atomic E-state index is 0. The van der Waals surface area contributed by atoms with E-state index in [4.69, 9.17) is 10.5 Å². The van der Waals surface area contributed by atoms with Crippen LogP contribution in [0.2, 0.25) is 0 Å². The number of hydrogen-bond acceptors (Lipinski definition) is 3. The number of carbonyl (C=O) groups is 1. The standard InChI is InChI=1S/C11H22N2O2.ClH/c1-11(2,8-12)10(14)13-6-4-9(15-3)5-7-13;/h9H,4-8,12H2,1-3H3;1H. The van der Waals surface area contributed by atoms with Gasteiger partial charge in [0.2, 0.25) is 5.91 Å². The van der Waals surface area contributed by atoms with E-state index in [1.54, 1.807) is 7.11 Å². The Bertz CT molecular complexity index is 226. The van der Waals surface area contributed by atoms with E-state index in [2.05, 4.69) is 0 Å². The summed E-state index contributed by atoms with van der Waals surface area (Å²) in [6, 6.07) is 0. The minimum atomic E-state index is -0.431. The van der Waals surface area contributed by atoms with Crippen molar-refractivity contribution in [2.24, 2.45) is 11.1 Å². The molecule has 1 aliphatic heterocycles. The first-order valence-corrected chi connectivity index (χ1v) is 5.53. The van der Waals surface area contributed by atoms with Crippen molar-refractivity contribution >= 4 is 18.3 Å². The van der Waals surface area contributed by atoms with E-state index >= 15 is 0 Å². The van der Waals surface area contributed by atoms with Gasteiger partial charge < -0.3 is 15.4 Å². The molecule has 2 N–H and O–H groups in total. The van der Waals surface area contributed by atoms with Gasteiger partial charge in [-0.05, 0) is 26.7 Å². The van der Waals surface area contributed by atoms with E-state index in [9.17, 15) is 4.79 Å². The molecule has 4 nitrogen and oxygen atoms in total. The molecule has 1 fully saturated rings. The van der Waals surface area contributed by atoms with Gasteiger partial charge in [-0.3, -0.25) is 4.79 Å². The molecule has 1 aliphatic rings. The van der Waals surface area contributed by atoms with Gasteiger partial charge in [-0.1, -0.05) is 0 Å². The molecule has 0 atom stereocenters. The third kappa shape index (κ3) is 3.61. The van der Waals surface area contributed by atoms with Crippen LogP contribution in [-0.2, 0) is 9.53 Å². The first-order chi connectivity index (χ1) is 7.01. The number of nitrogens with two attached hydrogens (primary N) is 1. The summed E-state index contributed by atoms with van der Waals surface area (Å²) < 4.78 is 5.27. The van der Waals surface area contributed by atoms with E-state index < -0.39 is 5.41 Å². The highest BCUT2D eigenvalue weighted by Crippen LogP contribution is 2.21. The van der Waals surface area contributed by atoms with Gasteiger partial charge in [0.1, 0.15) is 0 Å². The van der Waals surface area contributed by atoms with Crippen molar-refractivity contribution in [3.05, 3.63) is 0 Å². The van der Waals surface area contributed by atoms with Gasteiger partial charge >= 0.3 is 0 Å². The number of likely N-dealkylation sites (tertiary alicyclic amines) is 1. The van der Waals surface area contributed by atoms with Crippen LogP contribution >= 0.6 is 12.4 Å². The molecule has 16 heavy (non-hydrogen) atoms. The van der Waals surface area contributed by atoms with E-state index in [0.29, 0.717) is 12.6 Å². The number of hydrogen-bond donors (Lipinski definition) is 1. The van der Waals surface area contributed by atoms with Crippen LogP contribution in [-0.4, -0.2) is 43.7 Å². The van der Waals surface area contributed by atoms with E-state index in [0.717, 1.165) is 25.9 Å². The van der Waals surface area contributed by atoms with Crippen LogP contribution in [0.3, 0.4) is 0 Å². The number of methoxy groups -OCH3 is 1. The van der Waals surface area contributed by atoms with E-state index in [1.165, 1.54) is 0 Å². The number of halogens is 1. The molecule has 0 unspecified atom stereocenters. The van der Waals surface area contributed by atoms with Crippen LogP contribution in [0, 0.1) is 5.41 Å². The summed E-state index contributed by atoms with van der Waals surface area (Å²) in [5.74, 6) is 0.166. The van der Waals surface area contributed by atoms with Crippen LogP contribution in [0.15, 0.2) is 0 Å². The molecule has 0 bridgehead atoms. The highest BCUT2D eigenvalue weighted by atomic mass is 35.5. The Labute approximate surface area is 104 Å². The zero-order valence-electron chi connectivity index (χ0n) is 10.4. The molecular formula is C11H23ClN2O2. The number of piperidine rings is 1. The normalized spacial score (nSPS) is 18.1. The van der Waals surface area contributed by atoms with Crippen LogP contribution in [0.1, 0.15) is 26.7 Å². The molecular weight excluding hydrogens is 228 g/mol. The maximum atomic E-state index is 12.1. The maximum Gasteiger partial charge on any atom is 0.229 e. The topological polar surface area (TPSA) is 55.6 Å². The molecule has 0 aromatic rings. The molecule has 1 rings (SSSR count). The Kier molecular flexibility index (Phi) is 6.30. The number of carbonyl (C=O) groups excluding carboxylic acids is 1. The maximum absolute atomic E-state index is 12.1. The lowest BCUT2D eigenvalue weighted by molar-refractivity contribution is -0.142. The van der Waals surface area contributed by atoms with Crippen molar-refractivity contribution in [2.75, 3.05) is 26.7 Å². The minimum Gasteiger partial charge on any atom is -0.381 e. The lowest BCUT2D eigenvalue weighted by Gasteiger charge is -2.36. The number of rotatable bonds is 3. The van der Waals surface area contributed by atoms with Crippen molar-refractivity contribution < 1.29 is 9.53 Å². The monoisotopic (exact) mass is 250 g/mol. The Morgan fingerprint density at radius 3 is 2.31 bits per heavy atom. The zero-order valence-corrected chi connectivity index (χ0v) is 11.2. The average Bonchev–Trinajstić information content (AvgIpc) is 2.28. The fraction of sp³-hybridized carbons (Fsp3) is 0.909. The molecule has 1 heterocycles. The Morgan fingerprint density at radius 2 is 1.94 bits per heavy atom. The molecule has 0 saturated carbocycles. The molecule has 0 aromatic heterocycles. The molecule has 0 aromatic carbocycles. The van der Waals surface area contributed by atoms with Crippen molar-refractivity contribution in [1.82, 2.24) is 4.90 Å². The predicted octanol–water partition coefficient (Wildman–Crippen LogP) is 1.03. The summed E-state index contributed by atoms with van der Waals surface area (Å²) in [7, 11) is 1.73. The average molecular weight is 251 g/mol. The second-order valence-corrected chi connectivity index (χ2v) is 4.82. The van der Waals surface area contributed by atoms with Gasteiger partial charge in [0.25, 0.3) is 0 Å². The third-order valence-electron chi connectivity index (χ3n) is 3.15. The lowest BCUT2D eigenvalue weighted by atomic mass is 9.91. The third-order valence-corrected chi connectivity index (χ3v) is 3.15. The molecule has 1 amide bonds. The van der Waals surface area contributed by atoms with Gasteiger partial charge in [0.15, 0.2) is 0 Å². The molecule has 0 radical (unpaired) electrons. The predicted molar refractivity (Wildman–Crippen MR) is 66.7 cm³/mol. The second kappa shape index (κ2) is 6.42. The first kappa shape index (κ1) is 15.7. The number of amides is 1. The summed E-state index contributed by atoms with van der Waals surface area (Å²) >= 11 is 0. The van der Waals surface area contributed by atoms with Gasteiger partial charge in [-0.25, -0.2) is 0 Å². The summed E-state index contributed by atoms with van der Waals surface area (Å²) in [4.78, 5) is 14.0. The summed E-state index contributed by atoms with van der Waals surface area (Å²) in [5, 5.41) is 0. The zero-order chi connectivity index (χ0) is 11.5. The highest BCUT2D eigenvalue weighted by Gasteiger charge is 2.32. The number of nitrogens with zero attached hydrogens (tertiary/aromatic N) is 1. The fourth-order valence-electron chi connectivity index (χ4n) is 1.81. The Hall–Kier alpha value is -0.320. The second-order valence-electron chi connectivity index (χ2n) is 4.82. The van der Waals surface area contributed by atoms with E-state index in [-0.39, 0.29) is 18.3 Å². The first-order valence-electron chi connectivity index (χ1n) is 5.53. The molecule has 96 valence electrons. The number of ether oxygens (including phenoxy) is 1. The molecule has 1 saturated heterocycles. The molecule has 5 heteroatoms. The SMILES string of the molecule is COC1CCN(C(=O)C(C)(C)CN)CC1.Cl. The van der Waals surface area contributed by atoms with Crippen LogP contribution in [0.25, 0.3) is 0 Å².